The molecule has 3 fully saturated rings. The molecule has 156 valence electrons. The molecule has 2 N–H and O–H groups in total. The van der Waals surface area contributed by atoms with Gasteiger partial charge < -0.3 is 14.5 Å². The van der Waals surface area contributed by atoms with E-state index >= 15 is 0 Å². The topological polar surface area (TPSA) is 121 Å². The van der Waals surface area contributed by atoms with E-state index in [4.69, 9.17) is 4.42 Å². The number of imide groups is 1. The Hall–Kier alpha value is -2.33. The summed E-state index contributed by atoms with van der Waals surface area (Å²) in [5, 5.41) is 10.3. The molecule has 10 heteroatoms. The number of aromatic amines is 1. The Balaban J connectivity index is 1.45. The lowest BCUT2D eigenvalue weighted by molar-refractivity contribution is -0.154. The molecule has 2 aromatic heterocycles. The Kier molecular flexibility index (Phi) is 3.75. The number of rotatable bonds is 3. The van der Waals surface area contributed by atoms with Crippen molar-refractivity contribution in [3.8, 4) is 0 Å². The lowest BCUT2D eigenvalue weighted by Gasteiger charge is -2.42. The highest BCUT2D eigenvalue weighted by Crippen LogP contribution is 2.68. The number of H-pyrrole nitrogens is 1. The first-order valence-electron chi connectivity index (χ1n) is 9.91. The number of fused-ring (bicyclic) bond motifs is 9. The molecular weight excluding hydrogens is 428 g/mol. The van der Waals surface area contributed by atoms with Crippen LogP contribution in [0.15, 0.2) is 32.6 Å². The van der Waals surface area contributed by atoms with E-state index in [1.165, 1.54) is 18.3 Å². The first-order chi connectivity index (χ1) is 14.4. The number of aliphatic carboxylic acids is 1. The molecule has 8 nitrogen and oxygen atoms in total. The molecule has 8 atom stereocenters. The quantitative estimate of drug-likeness (QED) is 0.692. The number of carbonyl (C=O) groups is 3. The molecule has 0 spiro atoms. The first kappa shape index (κ1) is 18.4. The number of aromatic nitrogens is 1. The maximum Gasteiger partial charge on any atom is 0.326 e. The number of carboxylic acid groups (broad SMARTS) is 1. The summed E-state index contributed by atoms with van der Waals surface area (Å²) < 4.78 is 5.75. The van der Waals surface area contributed by atoms with Crippen molar-refractivity contribution in [3.63, 3.8) is 0 Å². The highest BCUT2D eigenvalue weighted by molar-refractivity contribution is 8.00. The Morgan fingerprint density at radius 1 is 1.27 bits per heavy atom. The van der Waals surface area contributed by atoms with Gasteiger partial charge in [0.05, 0.1) is 33.9 Å². The summed E-state index contributed by atoms with van der Waals surface area (Å²) in [4.78, 5) is 54.6. The van der Waals surface area contributed by atoms with Crippen LogP contribution in [0.3, 0.4) is 0 Å². The molecule has 0 radical (unpaired) electrons. The average Bonchev–Trinajstić information content (AvgIpc) is 3.48. The van der Waals surface area contributed by atoms with Gasteiger partial charge >= 0.3 is 10.8 Å². The van der Waals surface area contributed by atoms with Gasteiger partial charge in [0, 0.05) is 5.25 Å². The van der Waals surface area contributed by atoms with Crippen molar-refractivity contribution in [2.75, 3.05) is 0 Å². The lowest BCUT2D eigenvalue weighted by Crippen LogP contribution is -2.44. The zero-order chi connectivity index (χ0) is 20.9. The second kappa shape index (κ2) is 6.10. The van der Waals surface area contributed by atoms with Gasteiger partial charge in [-0.05, 0) is 43.2 Å². The smallest absolute Gasteiger partial charge is 0.326 e. The molecule has 2 amide bonds. The number of amides is 2. The monoisotopic (exact) mass is 446 g/mol. The molecule has 4 heterocycles. The van der Waals surface area contributed by atoms with Gasteiger partial charge in [-0.1, -0.05) is 11.3 Å². The predicted octanol–water partition coefficient (Wildman–Crippen LogP) is 1.98. The van der Waals surface area contributed by atoms with Crippen molar-refractivity contribution in [3.05, 3.63) is 38.7 Å². The van der Waals surface area contributed by atoms with E-state index in [-0.39, 0.29) is 45.6 Å². The van der Waals surface area contributed by atoms with Gasteiger partial charge in [-0.25, -0.2) is 4.79 Å². The normalized spacial score (nSPS) is 37.2. The highest BCUT2D eigenvalue weighted by Gasteiger charge is 2.70. The number of thiazole rings is 1. The van der Waals surface area contributed by atoms with Gasteiger partial charge in [-0.2, -0.15) is 0 Å². The minimum atomic E-state index is -1.18. The van der Waals surface area contributed by atoms with E-state index in [1.807, 2.05) is 12.1 Å². The SMILES string of the molecule is C[C@@H](C(=O)O)N1C(=O)[C@H]2[C@@H]3C[C@@H]([C@@H]2C1=O)[C@H]1[C@@H](c2ccco2)c2sc(=O)[nH]c2S[C@H]31. The second-order valence-electron chi connectivity index (χ2n) is 8.54. The second-order valence-corrected chi connectivity index (χ2v) is 10.7. The predicted molar refractivity (Wildman–Crippen MR) is 106 cm³/mol. The highest BCUT2D eigenvalue weighted by atomic mass is 32.2. The van der Waals surface area contributed by atoms with Crippen molar-refractivity contribution in [2.45, 2.75) is 35.6 Å². The molecule has 2 aliphatic heterocycles. The molecule has 4 aliphatic rings. The summed E-state index contributed by atoms with van der Waals surface area (Å²) in [6, 6.07) is 2.55. The fraction of sp³-hybridized carbons (Fsp3) is 0.500. The number of furan rings is 1. The summed E-state index contributed by atoms with van der Waals surface area (Å²) in [7, 11) is 0. The van der Waals surface area contributed by atoms with Crippen LogP contribution in [0.2, 0.25) is 0 Å². The number of likely N-dealkylation sites (tertiary alicyclic amines) is 1. The Morgan fingerprint density at radius 2 is 2.00 bits per heavy atom. The van der Waals surface area contributed by atoms with Gasteiger partial charge in [0.2, 0.25) is 11.8 Å². The zero-order valence-corrected chi connectivity index (χ0v) is 17.4. The van der Waals surface area contributed by atoms with E-state index in [0.717, 1.165) is 27.0 Å². The largest absolute Gasteiger partial charge is 0.480 e. The summed E-state index contributed by atoms with van der Waals surface area (Å²) in [6.45, 7) is 1.39. The molecular formula is C20H18N2O6S2. The van der Waals surface area contributed by atoms with Crippen LogP contribution in [-0.4, -0.2) is 44.1 Å². The number of thioether (sulfide) groups is 1. The van der Waals surface area contributed by atoms with E-state index in [1.54, 1.807) is 18.0 Å². The summed E-state index contributed by atoms with van der Waals surface area (Å²) in [6.07, 6.45) is 2.37. The van der Waals surface area contributed by atoms with Crippen molar-refractivity contribution in [1.82, 2.24) is 9.88 Å². The number of nitrogens with one attached hydrogen (secondary N) is 1. The molecule has 0 aromatic carbocycles. The number of carbonyl (C=O) groups excluding carboxylic acids is 2. The van der Waals surface area contributed by atoms with Crippen molar-refractivity contribution in [1.29, 1.82) is 0 Å². The van der Waals surface area contributed by atoms with Gasteiger partial charge in [0.15, 0.2) is 0 Å². The maximum atomic E-state index is 13.2. The Bertz CT molecular complexity index is 1140. The molecule has 2 aromatic rings. The van der Waals surface area contributed by atoms with E-state index in [9.17, 15) is 24.3 Å². The first-order valence-corrected chi connectivity index (χ1v) is 11.6. The fourth-order valence-corrected chi connectivity index (χ4v) is 9.19. The minimum absolute atomic E-state index is 0.0218. The van der Waals surface area contributed by atoms with Gasteiger partial charge in [-0.15, -0.1) is 11.8 Å². The third-order valence-corrected chi connectivity index (χ3v) is 9.94. The van der Waals surface area contributed by atoms with Crippen molar-refractivity contribution in [2.24, 2.45) is 29.6 Å². The van der Waals surface area contributed by atoms with Crippen LogP contribution in [0.1, 0.15) is 29.9 Å². The van der Waals surface area contributed by atoms with E-state index < -0.39 is 23.8 Å². The maximum absolute atomic E-state index is 13.2. The number of hydrogen-bond acceptors (Lipinski definition) is 7. The third-order valence-electron chi connectivity index (χ3n) is 7.35. The summed E-state index contributed by atoms with van der Waals surface area (Å²) in [5.41, 5.74) is 0. The lowest BCUT2D eigenvalue weighted by atomic mass is 9.69. The van der Waals surface area contributed by atoms with Crippen LogP contribution < -0.4 is 4.87 Å². The van der Waals surface area contributed by atoms with E-state index in [0.29, 0.717) is 0 Å². The van der Waals surface area contributed by atoms with Crippen LogP contribution in [0.4, 0.5) is 0 Å². The summed E-state index contributed by atoms with van der Waals surface area (Å²) in [5.74, 6) is -2.23. The van der Waals surface area contributed by atoms with E-state index in [2.05, 4.69) is 4.98 Å². The molecule has 2 saturated carbocycles. The van der Waals surface area contributed by atoms with Gasteiger partial charge in [-0.3, -0.25) is 19.3 Å². The Labute approximate surface area is 178 Å². The number of carboxylic acids is 1. The van der Waals surface area contributed by atoms with Crippen LogP contribution in [0.5, 0.6) is 0 Å². The van der Waals surface area contributed by atoms with Crippen LogP contribution in [0.25, 0.3) is 0 Å². The fourth-order valence-electron chi connectivity index (χ4n) is 6.32. The minimum Gasteiger partial charge on any atom is -0.480 e. The van der Waals surface area contributed by atoms with Crippen LogP contribution in [0, 0.1) is 29.6 Å². The van der Waals surface area contributed by atoms with Crippen molar-refractivity contribution < 1.29 is 23.9 Å². The standard InChI is InChI=1S/C20H18N2O6S2/c1-6(19(25)26)22-17(23)11-7-5-8(12(11)18(22)24)14-10(7)13(9-3-2-4-28-9)15-16(29-14)21-20(27)30-15/h2-4,6-8,10-14H,5H2,1H3,(H,21,27)(H,25,26)/t6-,7+,8-,10-,11-,12-,13+,14+/m0/s1. The zero-order valence-electron chi connectivity index (χ0n) is 15.8. The molecule has 2 bridgehead atoms. The number of hydrogen-bond donors (Lipinski definition) is 2. The molecule has 1 saturated heterocycles. The average molecular weight is 447 g/mol. The molecule has 6 rings (SSSR count). The van der Waals surface area contributed by atoms with Gasteiger partial charge in [0.25, 0.3) is 0 Å². The summed E-state index contributed by atoms with van der Waals surface area (Å²) >= 11 is 2.77. The van der Waals surface area contributed by atoms with Crippen LogP contribution in [-0.2, 0) is 14.4 Å². The molecule has 0 unspecified atom stereocenters. The van der Waals surface area contributed by atoms with Gasteiger partial charge in [0.1, 0.15) is 11.8 Å². The van der Waals surface area contributed by atoms with Crippen molar-refractivity contribution >= 4 is 40.9 Å². The Morgan fingerprint density at radius 3 is 2.67 bits per heavy atom. The number of nitrogens with zero attached hydrogens (tertiary/aromatic N) is 1. The van der Waals surface area contributed by atoms with Crippen LogP contribution >= 0.6 is 23.1 Å². The molecule has 30 heavy (non-hydrogen) atoms. The molecule has 2 aliphatic carbocycles. The third kappa shape index (κ3) is 2.18.